The topological polar surface area (TPSA) is 19.4 Å². The zero-order valence-corrected chi connectivity index (χ0v) is 43.4. The summed E-state index contributed by atoms with van der Waals surface area (Å²) in [6, 6.07) is 7.48. The molecule has 0 aromatic heterocycles. The molecular formula is C45H69Cl3N6SiTi. The molecule has 56 heavy (non-hydrogen) atoms. The molecule has 0 amide bonds. The number of anilines is 6. The fraction of sp³-hybridized carbons (Fsp3) is 0.511. The number of hydrogen-bond donors (Lipinski definition) is 0. The first-order chi connectivity index (χ1) is 24.3. The van der Waals surface area contributed by atoms with Gasteiger partial charge in [0.1, 0.15) is 0 Å². The summed E-state index contributed by atoms with van der Waals surface area (Å²) in [5, 5.41) is 4.16. The average Bonchev–Trinajstić information content (AvgIpc) is 3.17. The van der Waals surface area contributed by atoms with Gasteiger partial charge in [-0.2, -0.15) is 0 Å². The Morgan fingerprint density at radius 3 is 0.804 bits per heavy atom. The van der Waals surface area contributed by atoms with E-state index in [1.54, 1.807) is 0 Å². The minimum Gasteiger partial charge on any atom is -1.00 e. The molecule has 4 rings (SSSR count). The number of nitrogens with zero attached hydrogens (tertiary/aromatic N) is 6. The number of allylic oxidation sites excluding steroid dienone is 4. The van der Waals surface area contributed by atoms with Crippen LogP contribution in [0, 0.1) is 41.5 Å². The van der Waals surface area contributed by atoms with Crippen molar-refractivity contribution < 1.29 is 57.7 Å². The van der Waals surface area contributed by atoms with Crippen LogP contribution in [-0.4, -0.2) is 92.6 Å². The summed E-state index contributed by atoms with van der Waals surface area (Å²) in [5.74, 6) is 0. The van der Waals surface area contributed by atoms with Crippen LogP contribution in [0.3, 0.4) is 0 Å². The molecular weight excluding hydrogens is 807 g/mol. The van der Waals surface area contributed by atoms with Crippen LogP contribution in [0.25, 0.3) is 0 Å². The van der Waals surface area contributed by atoms with Gasteiger partial charge in [-0.15, -0.1) is 0 Å². The molecule has 1 unspecified atom stereocenters. The van der Waals surface area contributed by atoms with E-state index in [0.29, 0.717) is 0 Å². The molecule has 1 aliphatic carbocycles. The molecule has 0 saturated heterocycles. The number of aryl methyl sites for hydroxylation is 6. The molecule has 0 aliphatic heterocycles. The van der Waals surface area contributed by atoms with Crippen LogP contribution >= 0.6 is 0 Å². The Kier molecular flexibility index (Phi) is 17.0. The van der Waals surface area contributed by atoms with E-state index in [1.807, 2.05) is 0 Å². The van der Waals surface area contributed by atoms with Crippen LogP contribution in [0.1, 0.15) is 61.1 Å². The molecule has 0 fully saturated rings. The molecule has 3 aromatic rings. The number of benzene rings is 3. The average molecular weight is 876 g/mol. The Morgan fingerprint density at radius 2 is 0.625 bits per heavy atom. The van der Waals surface area contributed by atoms with E-state index in [1.165, 1.54) is 104 Å². The van der Waals surface area contributed by atoms with Gasteiger partial charge in [0.05, 0.1) is 0 Å². The maximum atomic E-state index is 2.64. The van der Waals surface area contributed by atoms with E-state index in [-0.39, 0.29) is 42.3 Å². The number of halogens is 3. The van der Waals surface area contributed by atoms with Crippen LogP contribution in [0.4, 0.5) is 34.1 Å². The van der Waals surface area contributed by atoms with Crippen molar-refractivity contribution in [2.75, 3.05) is 114 Å². The molecule has 1 aliphatic rings. The van der Waals surface area contributed by atoms with E-state index in [4.69, 9.17) is 0 Å². The fourth-order valence-electron chi connectivity index (χ4n) is 10.3. The summed E-state index contributed by atoms with van der Waals surface area (Å²) in [5.41, 5.74) is 20.2. The van der Waals surface area contributed by atoms with Crippen molar-refractivity contribution in [3.8, 4) is 0 Å². The van der Waals surface area contributed by atoms with Crippen LogP contribution in [0.5, 0.6) is 0 Å². The molecule has 308 valence electrons. The Bertz CT molecular complexity index is 1820. The molecule has 3 aromatic carbocycles. The van der Waals surface area contributed by atoms with Crippen LogP contribution < -0.4 is 82.2 Å². The molecule has 0 N–H and O–H groups in total. The maximum absolute atomic E-state index is 3.40. The minimum absolute atomic E-state index is 0. The van der Waals surface area contributed by atoms with Crippen LogP contribution in [0.2, 0.25) is 5.04 Å². The second-order valence-electron chi connectivity index (χ2n) is 17.2. The predicted octanol–water partition coefficient (Wildman–Crippen LogP) is -1.65. The normalized spacial score (nSPS) is 15.3. The Morgan fingerprint density at radius 1 is 0.393 bits per heavy atom. The first-order valence-electron chi connectivity index (χ1n) is 18.9. The van der Waals surface area contributed by atoms with Gasteiger partial charge in [0.25, 0.3) is 0 Å². The monoisotopic (exact) mass is 874 g/mol. The first-order valence-corrected chi connectivity index (χ1v) is 21.7. The third-order valence-corrected chi connectivity index (χ3v) is 20.3. The van der Waals surface area contributed by atoms with Gasteiger partial charge in [-0.05, 0) is 0 Å². The molecule has 0 spiro atoms. The zero-order valence-electron chi connectivity index (χ0n) is 38.5. The Hall–Kier alpha value is -2.26. The molecule has 1 atom stereocenters. The van der Waals surface area contributed by atoms with Gasteiger partial charge in [0.2, 0.25) is 0 Å². The quantitative estimate of drug-likeness (QED) is 0.179. The van der Waals surface area contributed by atoms with Crippen molar-refractivity contribution in [3.63, 3.8) is 0 Å². The van der Waals surface area contributed by atoms with E-state index >= 15 is 0 Å². The SMILES string of the molecule is CC1=C(C)C(C)([Si](c2c(C)cc(C)c(N(C)C)c2N(C)C)(c2c(C)cc(C)c(N(C)C)c2N(C)C)c2c(C)cc(C)c(N(C)C)c2N(C)C)[C]([Ti+3])=C1C.[Cl-].[Cl-].[Cl-]. The fourth-order valence-corrected chi connectivity index (χ4v) is 19.4. The molecule has 0 saturated carbocycles. The third kappa shape index (κ3) is 7.56. The van der Waals surface area contributed by atoms with Gasteiger partial charge in [-0.1, -0.05) is 0 Å². The van der Waals surface area contributed by atoms with Crippen molar-refractivity contribution in [2.45, 2.75) is 74.3 Å². The summed E-state index contributed by atoms with van der Waals surface area (Å²) < 4.78 is 1.49. The van der Waals surface area contributed by atoms with E-state index in [2.05, 4.69) is 222 Å². The number of hydrogen-bond acceptors (Lipinski definition) is 6. The van der Waals surface area contributed by atoms with Crippen molar-refractivity contribution in [1.82, 2.24) is 0 Å². The van der Waals surface area contributed by atoms with Gasteiger partial charge < -0.3 is 37.2 Å². The summed E-state index contributed by atoms with van der Waals surface area (Å²) in [7, 11) is 23.5. The van der Waals surface area contributed by atoms with E-state index < -0.39 is 8.07 Å². The molecule has 6 nitrogen and oxygen atoms in total. The van der Waals surface area contributed by atoms with E-state index in [0.717, 1.165) is 0 Å². The van der Waals surface area contributed by atoms with E-state index in [9.17, 15) is 0 Å². The second kappa shape index (κ2) is 18.3. The summed E-state index contributed by atoms with van der Waals surface area (Å²) in [6.07, 6.45) is 0. The Labute approximate surface area is 373 Å². The van der Waals surface area contributed by atoms with Crippen molar-refractivity contribution >= 4 is 57.8 Å². The molecule has 0 heterocycles. The second-order valence-corrected chi connectivity index (χ2v) is 22.0. The molecule has 0 radical (unpaired) electrons. The van der Waals surface area contributed by atoms with Gasteiger partial charge >= 0.3 is 339 Å². The van der Waals surface area contributed by atoms with Gasteiger partial charge in [0, 0.05) is 0 Å². The van der Waals surface area contributed by atoms with Gasteiger partial charge in [-0.25, -0.2) is 0 Å². The minimum atomic E-state index is -3.40. The smallest absolute Gasteiger partial charge is 1.00 e. The van der Waals surface area contributed by atoms with Crippen LogP contribution in [-0.2, 0) is 20.4 Å². The standard InChI is InChI=1S/C45H69N6Si.3ClH.Ti/c1-27-23-30(4)42(39(49(17)18)36(27)46(11)12)52(45(10)26-33(7)34(8)35(45)9,43-31(5)24-28(2)37(47(13)14)40(43)50(19)20)44-32(6)25-29(3)38(48(15)16)41(44)51(21)22;;;;/h23-25H,1-22H3;3*1H;/q;;;;+3/p-3. The van der Waals surface area contributed by atoms with Crippen molar-refractivity contribution in [2.24, 2.45) is 0 Å². The molecule has 0 bridgehead atoms. The third-order valence-electron chi connectivity index (χ3n) is 12.3. The predicted molar refractivity (Wildman–Crippen MR) is 238 cm³/mol. The van der Waals surface area contributed by atoms with Gasteiger partial charge in [-0.3, -0.25) is 0 Å². The van der Waals surface area contributed by atoms with Crippen molar-refractivity contribution in [1.29, 1.82) is 0 Å². The van der Waals surface area contributed by atoms with Crippen molar-refractivity contribution in [3.05, 3.63) is 72.2 Å². The largest absolute Gasteiger partial charge is 1.00 e. The van der Waals surface area contributed by atoms with Gasteiger partial charge in [0.15, 0.2) is 0 Å². The maximum Gasteiger partial charge on any atom is -1.00 e. The summed E-state index contributed by atoms with van der Waals surface area (Å²) >= 11 is 2.46. The summed E-state index contributed by atoms with van der Waals surface area (Å²) in [4.78, 5) is 14.4. The Balaban J connectivity index is 0.00000523. The van der Waals surface area contributed by atoms with Crippen LogP contribution in [0.15, 0.2) is 38.8 Å². The summed E-state index contributed by atoms with van der Waals surface area (Å²) in [6.45, 7) is 24.0. The zero-order chi connectivity index (χ0) is 40.6. The first kappa shape index (κ1) is 51.8. The molecule has 11 heteroatoms. The number of rotatable bonds is 10.